The molecule has 0 aliphatic rings. The van der Waals surface area contributed by atoms with Gasteiger partial charge in [0.25, 0.3) is 0 Å². The van der Waals surface area contributed by atoms with Crippen LogP contribution in [0.3, 0.4) is 0 Å². The first-order valence-electron chi connectivity index (χ1n) is 6.02. The highest BCUT2D eigenvalue weighted by atomic mass is 79.9. The molecule has 0 spiro atoms. The minimum absolute atomic E-state index is 0.502. The van der Waals surface area contributed by atoms with Gasteiger partial charge in [-0.3, -0.25) is 0 Å². The Morgan fingerprint density at radius 3 is 2.58 bits per heavy atom. The Hall–Kier alpha value is -1.52. The molecule has 100 valence electrons. The number of anilines is 2. The van der Waals surface area contributed by atoms with E-state index in [1.54, 1.807) is 7.11 Å². The fourth-order valence-electron chi connectivity index (χ4n) is 2.06. The van der Waals surface area contributed by atoms with Crippen LogP contribution in [0.4, 0.5) is 11.4 Å². The van der Waals surface area contributed by atoms with Crippen molar-refractivity contribution in [3.05, 3.63) is 52.5 Å². The van der Waals surface area contributed by atoms with Crippen molar-refractivity contribution in [3.63, 3.8) is 0 Å². The van der Waals surface area contributed by atoms with Gasteiger partial charge < -0.3 is 15.4 Å². The fourth-order valence-corrected chi connectivity index (χ4v) is 2.41. The van der Waals surface area contributed by atoms with E-state index in [0.29, 0.717) is 6.54 Å². The molecule has 19 heavy (non-hydrogen) atoms. The maximum Gasteiger partial charge on any atom is 0.142 e. The number of hydrogen-bond acceptors (Lipinski definition) is 3. The van der Waals surface area contributed by atoms with E-state index < -0.39 is 0 Å². The number of ether oxygens (including phenoxy) is 1. The standard InChI is InChI=1S/C15H17BrN2O/c1-18(13-5-3-4-6-15(13)19-2)14-9-12(16)8-7-11(14)10-17/h3-9H,10,17H2,1-2H3. The number of halogens is 1. The van der Waals surface area contributed by atoms with E-state index >= 15 is 0 Å². The van der Waals surface area contributed by atoms with Crippen LogP contribution in [0.25, 0.3) is 0 Å². The van der Waals surface area contributed by atoms with Crippen molar-refractivity contribution in [3.8, 4) is 5.75 Å². The topological polar surface area (TPSA) is 38.5 Å². The summed E-state index contributed by atoms with van der Waals surface area (Å²) in [4.78, 5) is 2.09. The van der Waals surface area contributed by atoms with Crippen molar-refractivity contribution in [1.82, 2.24) is 0 Å². The van der Waals surface area contributed by atoms with Gasteiger partial charge in [0.2, 0.25) is 0 Å². The summed E-state index contributed by atoms with van der Waals surface area (Å²) in [6.45, 7) is 0.502. The maximum absolute atomic E-state index is 5.81. The van der Waals surface area contributed by atoms with Gasteiger partial charge in [0.15, 0.2) is 0 Å². The van der Waals surface area contributed by atoms with Crippen molar-refractivity contribution < 1.29 is 4.74 Å². The second-order valence-corrected chi connectivity index (χ2v) is 5.12. The summed E-state index contributed by atoms with van der Waals surface area (Å²) < 4.78 is 6.44. The van der Waals surface area contributed by atoms with Crippen LogP contribution < -0.4 is 15.4 Å². The molecule has 2 N–H and O–H groups in total. The summed E-state index contributed by atoms with van der Waals surface area (Å²) in [6.07, 6.45) is 0. The average Bonchev–Trinajstić information content (AvgIpc) is 2.46. The van der Waals surface area contributed by atoms with Crippen LogP contribution in [-0.4, -0.2) is 14.2 Å². The smallest absolute Gasteiger partial charge is 0.142 e. The van der Waals surface area contributed by atoms with Crippen molar-refractivity contribution in [2.75, 3.05) is 19.1 Å². The van der Waals surface area contributed by atoms with Crippen molar-refractivity contribution >= 4 is 27.3 Å². The molecule has 2 aromatic carbocycles. The third kappa shape index (κ3) is 2.91. The third-order valence-electron chi connectivity index (χ3n) is 3.08. The zero-order valence-corrected chi connectivity index (χ0v) is 12.6. The summed E-state index contributed by atoms with van der Waals surface area (Å²) in [7, 11) is 3.69. The van der Waals surface area contributed by atoms with E-state index in [4.69, 9.17) is 10.5 Å². The Kier molecular flexibility index (Phi) is 4.45. The number of nitrogens with two attached hydrogens (primary N) is 1. The molecular weight excluding hydrogens is 304 g/mol. The Labute approximate surface area is 122 Å². The van der Waals surface area contributed by atoms with Gasteiger partial charge in [0.05, 0.1) is 12.8 Å². The minimum atomic E-state index is 0.502. The van der Waals surface area contributed by atoms with Gasteiger partial charge in [-0.15, -0.1) is 0 Å². The van der Waals surface area contributed by atoms with Crippen LogP contribution in [0.5, 0.6) is 5.75 Å². The molecule has 0 aliphatic heterocycles. The lowest BCUT2D eigenvalue weighted by Gasteiger charge is -2.24. The number of nitrogens with zero attached hydrogens (tertiary/aromatic N) is 1. The lowest BCUT2D eigenvalue weighted by atomic mass is 10.1. The van der Waals surface area contributed by atoms with Crippen molar-refractivity contribution in [2.45, 2.75) is 6.54 Å². The lowest BCUT2D eigenvalue weighted by molar-refractivity contribution is 0.415. The Morgan fingerprint density at radius 2 is 1.89 bits per heavy atom. The third-order valence-corrected chi connectivity index (χ3v) is 3.57. The summed E-state index contributed by atoms with van der Waals surface area (Å²) in [5.74, 6) is 0.841. The molecule has 0 saturated carbocycles. The highest BCUT2D eigenvalue weighted by Crippen LogP contribution is 2.35. The van der Waals surface area contributed by atoms with Gasteiger partial charge in [0.1, 0.15) is 5.75 Å². The molecule has 0 bridgehead atoms. The SMILES string of the molecule is COc1ccccc1N(C)c1cc(Br)ccc1CN. The van der Waals surface area contributed by atoms with Crippen LogP contribution in [-0.2, 0) is 6.54 Å². The molecule has 0 amide bonds. The quantitative estimate of drug-likeness (QED) is 0.933. The zero-order chi connectivity index (χ0) is 13.8. The Bertz CT molecular complexity index is 572. The lowest BCUT2D eigenvalue weighted by Crippen LogP contribution is -2.14. The van der Waals surface area contributed by atoms with Crippen LogP contribution in [0.1, 0.15) is 5.56 Å². The number of benzene rings is 2. The van der Waals surface area contributed by atoms with E-state index in [2.05, 4.69) is 26.9 Å². The van der Waals surface area contributed by atoms with Crippen LogP contribution in [0.15, 0.2) is 46.9 Å². The Morgan fingerprint density at radius 1 is 1.16 bits per heavy atom. The molecule has 0 atom stereocenters. The van der Waals surface area contributed by atoms with Crippen LogP contribution in [0, 0.1) is 0 Å². The molecule has 0 heterocycles. The van der Waals surface area contributed by atoms with Crippen LogP contribution >= 0.6 is 15.9 Å². The van der Waals surface area contributed by atoms with Gasteiger partial charge in [0, 0.05) is 23.8 Å². The first-order valence-corrected chi connectivity index (χ1v) is 6.82. The normalized spacial score (nSPS) is 10.3. The largest absolute Gasteiger partial charge is 0.495 e. The van der Waals surface area contributed by atoms with Gasteiger partial charge in [-0.1, -0.05) is 34.1 Å². The van der Waals surface area contributed by atoms with Crippen molar-refractivity contribution in [2.24, 2.45) is 5.73 Å². The predicted octanol–water partition coefficient (Wildman–Crippen LogP) is 3.68. The number of methoxy groups -OCH3 is 1. The molecule has 0 aromatic heterocycles. The number of para-hydroxylation sites is 2. The van der Waals surface area contributed by atoms with Gasteiger partial charge >= 0.3 is 0 Å². The molecular formula is C15H17BrN2O. The molecule has 2 aromatic rings. The maximum atomic E-state index is 5.81. The monoisotopic (exact) mass is 320 g/mol. The molecule has 0 fully saturated rings. The summed E-state index contributed by atoms with van der Waals surface area (Å²) in [5, 5.41) is 0. The molecule has 0 radical (unpaired) electrons. The molecule has 0 saturated heterocycles. The zero-order valence-electron chi connectivity index (χ0n) is 11.1. The molecule has 0 aliphatic carbocycles. The first-order chi connectivity index (χ1) is 9.17. The number of hydrogen-bond donors (Lipinski definition) is 1. The van der Waals surface area contributed by atoms with E-state index in [9.17, 15) is 0 Å². The van der Waals surface area contributed by atoms with E-state index in [1.807, 2.05) is 43.4 Å². The molecule has 3 nitrogen and oxygen atoms in total. The minimum Gasteiger partial charge on any atom is -0.495 e. The highest BCUT2D eigenvalue weighted by molar-refractivity contribution is 9.10. The molecule has 4 heteroatoms. The van der Waals surface area contributed by atoms with E-state index in [0.717, 1.165) is 27.2 Å². The average molecular weight is 321 g/mol. The van der Waals surface area contributed by atoms with Gasteiger partial charge in [-0.05, 0) is 29.8 Å². The number of rotatable bonds is 4. The Balaban J connectivity index is 2.49. The van der Waals surface area contributed by atoms with E-state index in [-0.39, 0.29) is 0 Å². The van der Waals surface area contributed by atoms with Gasteiger partial charge in [-0.2, -0.15) is 0 Å². The second-order valence-electron chi connectivity index (χ2n) is 4.21. The van der Waals surface area contributed by atoms with Crippen LogP contribution in [0.2, 0.25) is 0 Å². The fraction of sp³-hybridized carbons (Fsp3) is 0.200. The highest BCUT2D eigenvalue weighted by Gasteiger charge is 2.12. The van der Waals surface area contributed by atoms with Crippen molar-refractivity contribution in [1.29, 1.82) is 0 Å². The second kappa shape index (κ2) is 6.08. The molecule has 0 unspecified atom stereocenters. The summed E-state index contributed by atoms with van der Waals surface area (Å²) >= 11 is 3.50. The summed E-state index contributed by atoms with van der Waals surface area (Å²) in [6, 6.07) is 14.0. The molecule has 2 rings (SSSR count). The van der Waals surface area contributed by atoms with Gasteiger partial charge in [-0.25, -0.2) is 0 Å². The first kappa shape index (κ1) is 13.9. The van der Waals surface area contributed by atoms with E-state index in [1.165, 1.54) is 0 Å². The predicted molar refractivity (Wildman–Crippen MR) is 83.1 cm³/mol. The summed E-state index contributed by atoms with van der Waals surface area (Å²) in [5.41, 5.74) is 8.99.